The van der Waals surface area contributed by atoms with Crippen LogP contribution in [0.3, 0.4) is 0 Å². The highest BCUT2D eigenvalue weighted by Gasteiger charge is 2.16. The molecule has 3 nitrogen and oxygen atoms in total. The first-order valence-electron chi connectivity index (χ1n) is 7.17. The summed E-state index contributed by atoms with van der Waals surface area (Å²) in [6, 6.07) is 20.6. The molecule has 3 aromatic heterocycles. The van der Waals surface area contributed by atoms with Gasteiger partial charge in [-0.05, 0) is 42.6 Å². The van der Waals surface area contributed by atoms with Crippen LogP contribution in [0, 0.1) is 6.92 Å². The standard InChI is InChI=1S/C18H15N3S/c1-13-7-5-11-16-20-17(15-10-6-12-22-15)18(21(13)16)19-14-8-3-2-4-9-14/h2-12,19H,1H3. The summed E-state index contributed by atoms with van der Waals surface area (Å²) >= 11 is 1.71. The Labute approximate surface area is 132 Å². The van der Waals surface area contributed by atoms with Crippen LogP contribution >= 0.6 is 11.3 Å². The first kappa shape index (κ1) is 13.1. The predicted octanol–water partition coefficient (Wildman–Crippen LogP) is 5.11. The molecule has 0 fully saturated rings. The number of aromatic nitrogens is 2. The lowest BCUT2D eigenvalue weighted by Crippen LogP contribution is -1.98. The van der Waals surface area contributed by atoms with E-state index in [-0.39, 0.29) is 0 Å². The summed E-state index contributed by atoms with van der Waals surface area (Å²) in [5.41, 5.74) is 4.17. The molecule has 1 N–H and O–H groups in total. The van der Waals surface area contributed by atoms with Gasteiger partial charge < -0.3 is 5.32 Å². The Bertz CT molecular complexity index is 908. The van der Waals surface area contributed by atoms with E-state index in [9.17, 15) is 0 Å². The third-order valence-electron chi connectivity index (χ3n) is 3.63. The van der Waals surface area contributed by atoms with Crippen molar-refractivity contribution in [3.8, 4) is 10.6 Å². The van der Waals surface area contributed by atoms with Gasteiger partial charge in [-0.2, -0.15) is 0 Å². The van der Waals surface area contributed by atoms with Crippen molar-refractivity contribution in [3.63, 3.8) is 0 Å². The molecular formula is C18H15N3S. The monoisotopic (exact) mass is 305 g/mol. The van der Waals surface area contributed by atoms with E-state index in [4.69, 9.17) is 4.98 Å². The molecule has 0 aliphatic heterocycles. The van der Waals surface area contributed by atoms with Crippen molar-refractivity contribution in [1.82, 2.24) is 9.38 Å². The van der Waals surface area contributed by atoms with Crippen molar-refractivity contribution in [2.75, 3.05) is 5.32 Å². The van der Waals surface area contributed by atoms with Crippen LogP contribution in [0.25, 0.3) is 16.2 Å². The van der Waals surface area contributed by atoms with Gasteiger partial charge in [-0.15, -0.1) is 11.3 Å². The normalized spacial score (nSPS) is 11.0. The van der Waals surface area contributed by atoms with Crippen LogP contribution in [0.5, 0.6) is 0 Å². The van der Waals surface area contributed by atoms with Crippen LogP contribution in [-0.2, 0) is 0 Å². The number of hydrogen-bond acceptors (Lipinski definition) is 3. The van der Waals surface area contributed by atoms with Crippen molar-refractivity contribution >= 4 is 28.5 Å². The maximum atomic E-state index is 4.82. The molecule has 4 rings (SSSR count). The lowest BCUT2D eigenvalue weighted by atomic mass is 10.3. The maximum Gasteiger partial charge on any atom is 0.144 e. The van der Waals surface area contributed by atoms with Crippen LogP contribution in [0.15, 0.2) is 66.0 Å². The molecule has 0 amide bonds. The summed E-state index contributed by atoms with van der Waals surface area (Å²) < 4.78 is 2.17. The molecular weight excluding hydrogens is 290 g/mol. The number of aryl methyl sites for hydroxylation is 1. The smallest absolute Gasteiger partial charge is 0.144 e. The third-order valence-corrected chi connectivity index (χ3v) is 4.51. The molecule has 1 aromatic carbocycles. The Kier molecular flexibility index (Phi) is 3.16. The van der Waals surface area contributed by atoms with Gasteiger partial charge in [-0.25, -0.2) is 4.98 Å². The topological polar surface area (TPSA) is 29.3 Å². The second-order valence-electron chi connectivity index (χ2n) is 5.14. The molecule has 0 spiro atoms. The summed E-state index contributed by atoms with van der Waals surface area (Å²) in [6.45, 7) is 2.10. The van der Waals surface area contributed by atoms with Crippen LogP contribution in [-0.4, -0.2) is 9.38 Å². The van der Waals surface area contributed by atoms with Gasteiger partial charge in [0.1, 0.15) is 17.2 Å². The average molecular weight is 305 g/mol. The predicted molar refractivity (Wildman–Crippen MR) is 93.0 cm³/mol. The van der Waals surface area contributed by atoms with Gasteiger partial charge in [0.15, 0.2) is 0 Å². The van der Waals surface area contributed by atoms with Gasteiger partial charge in [0.25, 0.3) is 0 Å². The molecule has 4 aromatic rings. The van der Waals surface area contributed by atoms with Crippen LogP contribution in [0.4, 0.5) is 11.5 Å². The molecule has 22 heavy (non-hydrogen) atoms. The van der Waals surface area contributed by atoms with Gasteiger partial charge in [0, 0.05) is 11.4 Å². The molecule has 0 saturated carbocycles. The number of nitrogens with one attached hydrogen (secondary N) is 1. The quantitative estimate of drug-likeness (QED) is 0.569. The van der Waals surface area contributed by atoms with Crippen molar-refractivity contribution < 1.29 is 0 Å². The number of para-hydroxylation sites is 1. The van der Waals surface area contributed by atoms with Crippen molar-refractivity contribution in [2.45, 2.75) is 6.92 Å². The summed E-state index contributed by atoms with van der Waals surface area (Å²) in [5, 5.41) is 5.61. The zero-order valence-corrected chi connectivity index (χ0v) is 13.0. The first-order valence-corrected chi connectivity index (χ1v) is 8.05. The minimum Gasteiger partial charge on any atom is -0.339 e. The van der Waals surface area contributed by atoms with E-state index in [2.05, 4.69) is 52.4 Å². The van der Waals surface area contributed by atoms with Gasteiger partial charge in [-0.1, -0.05) is 30.3 Å². The largest absolute Gasteiger partial charge is 0.339 e. The number of fused-ring (bicyclic) bond motifs is 1. The van der Waals surface area contributed by atoms with E-state index >= 15 is 0 Å². The Morgan fingerprint density at radius 3 is 2.59 bits per heavy atom. The van der Waals surface area contributed by atoms with Crippen LogP contribution in [0.1, 0.15) is 5.69 Å². The average Bonchev–Trinajstić information content (AvgIpc) is 3.17. The lowest BCUT2D eigenvalue weighted by Gasteiger charge is -2.09. The van der Waals surface area contributed by atoms with E-state index in [1.165, 1.54) is 4.88 Å². The number of benzene rings is 1. The SMILES string of the molecule is Cc1cccc2nc(-c3cccs3)c(Nc3ccccc3)n12. The zero-order valence-electron chi connectivity index (χ0n) is 12.2. The number of anilines is 2. The summed E-state index contributed by atoms with van der Waals surface area (Å²) in [7, 11) is 0. The highest BCUT2D eigenvalue weighted by Crippen LogP contribution is 2.34. The highest BCUT2D eigenvalue weighted by molar-refractivity contribution is 7.13. The molecule has 0 atom stereocenters. The lowest BCUT2D eigenvalue weighted by molar-refractivity contribution is 1.10. The highest BCUT2D eigenvalue weighted by atomic mass is 32.1. The maximum absolute atomic E-state index is 4.82. The molecule has 0 bridgehead atoms. The molecule has 0 radical (unpaired) electrons. The molecule has 0 unspecified atom stereocenters. The Morgan fingerprint density at radius 2 is 1.82 bits per heavy atom. The second-order valence-corrected chi connectivity index (χ2v) is 6.09. The fourth-order valence-corrected chi connectivity index (χ4v) is 3.33. The first-order chi connectivity index (χ1) is 10.8. The van der Waals surface area contributed by atoms with Gasteiger partial charge in [0.05, 0.1) is 4.88 Å². The fourth-order valence-electron chi connectivity index (χ4n) is 2.61. The summed E-state index contributed by atoms with van der Waals surface area (Å²) in [4.78, 5) is 5.99. The molecule has 0 saturated heterocycles. The number of pyridine rings is 1. The molecule has 108 valence electrons. The molecule has 3 heterocycles. The summed E-state index contributed by atoms with van der Waals surface area (Å²) in [5.74, 6) is 1.02. The minimum atomic E-state index is 0.960. The minimum absolute atomic E-state index is 0.960. The van der Waals surface area contributed by atoms with Gasteiger partial charge in [0.2, 0.25) is 0 Å². The van der Waals surface area contributed by atoms with E-state index in [0.717, 1.165) is 28.5 Å². The number of imidazole rings is 1. The molecule has 4 heteroatoms. The van der Waals surface area contributed by atoms with Crippen molar-refractivity contribution in [2.24, 2.45) is 0 Å². The molecule has 0 aliphatic carbocycles. The Morgan fingerprint density at radius 1 is 0.955 bits per heavy atom. The number of hydrogen-bond donors (Lipinski definition) is 1. The van der Waals surface area contributed by atoms with E-state index in [1.54, 1.807) is 11.3 Å². The van der Waals surface area contributed by atoms with E-state index in [1.807, 2.05) is 30.3 Å². The van der Waals surface area contributed by atoms with E-state index < -0.39 is 0 Å². The number of thiophene rings is 1. The van der Waals surface area contributed by atoms with Crippen LogP contribution in [0.2, 0.25) is 0 Å². The van der Waals surface area contributed by atoms with Gasteiger partial charge >= 0.3 is 0 Å². The fraction of sp³-hybridized carbons (Fsp3) is 0.0556. The number of rotatable bonds is 3. The molecule has 0 aliphatic rings. The second kappa shape index (κ2) is 5.31. The number of nitrogens with zero attached hydrogens (tertiary/aromatic N) is 2. The summed E-state index contributed by atoms with van der Waals surface area (Å²) in [6.07, 6.45) is 0. The Hall–Kier alpha value is -2.59. The third kappa shape index (κ3) is 2.18. The van der Waals surface area contributed by atoms with Gasteiger partial charge in [-0.3, -0.25) is 4.40 Å². The van der Waals surface area contributed by atoms with E-state index in [0.29, 0.717) is 0 Å². The van der Waals surface area contributed by atoms with Crippen molar-refractivity contribution in [3.05, 3.63) is 71.7 Å². The van der Waals surface area contributed by atoms with Crippen molar-refractivity contribution in [1.29, 1.82) is 0 Å². The zero-order chi connectivity index (χ0) is 14.9. The van der Waals surface area contributed by atoms with Crippen LogP contribution < -0.4 is 5.32 Å². The Balaban J connectivity index is 1.95.